The van der Waals surface area contributed by atoms with Crippen molar-refractivity contribution in [3.63, 3.8) is 0 Å². The molecule has 3 fully saturated rings. The third-order valence-corrected chi connectivity index (χ3v) is 5.89. The van der Waals surface area contributed by atoms with Gasteiger partial charge < -0.3 is 10.1 Å². The fraction of sp³-hybridized carbons (Fsp3) is 1.00. The lowest BCUT2D eigenvalue weighted by Crippen LogP contribution is -2.67. The van der Waals surface area contributed by atoms with Crippen molar-refractivity contribution in [1.82, 2.24) is 5.32 Å². The minimum atomic E-state index is 0.542. The molecule has 1 N–H and O–H groups in total. The summed E-state index contributed by atoms with van der Waals surface area (Å²) in [6, 6.07) is 0.763. The number of ether oxygens (including phenoxy) is 1. The van der Waals surface area contributed by atoms with Crippen molar-refractivity contribution in [3.8, 4) is 0 Å². The summed E-state index contributed by atoms with van der Waals surface area (Å²) in [5, 5.41) is 3.88. The van der Waals surface area contributed by atoms with Crippen molar-refractivity contribution in [3.05, 3.63) is 0 Å². The number of rotatable bonds is 5. The zero-order chi connectivity index (χ0) is 12.6. The fourth-order valence-corrected chi connectivity index (χ4v) is 4.54. The largest absolute Gasteiger partial charge is 0.378 e. The molecule has 0 aromatic carbocycles. The summed E-state index contributed by atoms with van der Waals surface area (Å²) in [5.74, 6) is 1.91. The molecule has 3 aliphatic carbocycles. The van der Waals surface area contributed by atoms with E-state index in [1.54, 1.807) is 0 Å². The van der Waals surface area contributed by atoms with Crippen molar-refractivity contribution in [2.24, 2.45) is 17.3 Å². The smallest absolute Gasteiger partial charge is 0.0661 e. The molecule has 2 heteroatoms. The minimum Gasteiger partial charge on any atom is -0.378 e. The Morgan fingerprint density at radius 2 is 2.06 bits per heavy atom. The summed E-state index contributed by atoms with van der Waals surface area (Å²) in [7, 11) is 0. The summed E-state index contributed by atoms with van der Waals surface area (Å²) >= 11 is 0. The Hall–Kier alpha value is -0.0800. The molecule has 104 valence electrons. The molecule has 1 spiro atoms. The van der Waals surface area contributed by atoms with Gasteiger partial charge in [-0.25, -0.2) is 0 Å². The highest BCUT2D eigenvalue weighted by atomic mass is 16.5. The summed E-state index contributed by atoms with van der Waals surface area (Å²) in [6.45, 7) is 6.68. The van der Waals surface area contributed by atoms with Gasteiger partial charge in [0.1, 0.15) is 0 Å². The van der Waals surface area contributed by atoms with Gasteiger partial charge in [-0.2, -0.15) is 0 Å². The van der Waals surface area contributed by atoms with Crippen LogP contribution in [-0.4, -0.2) is 25.3 Å². The summed E-state index contributed by atoms with van der Waals surface area (Å²) in [5.41, 5.74) is 0.542. The van der Waals surface area contributed by atoms with Crippen molar-refractivity contribution in [1.29, 1.82) is 0 Å². The maximum atomic E-state index is 5.91. The van der Waals surface area contributed by atoms with Crippen LogP contribution in [0.5, 0.6) is 0 Å². The average molecular weight is 251 g/mol. The Kier molecular flexibility index (Phi) is 3.68. The van der Waals surface area contributed by atoms with Gasteiger partial charge in [0.2, 0.25) is 0 Å². The van der Waals surface area contributed by atoms with E-state index < -0.39 is 0 Å². The van der Waals surface area contributed by atoms with Gasteiger partial charge in [0, 0.05) is 18.1 Å². The lowest BCUT2D eigenvalue weighted by molar-refractivity contribution is -0.173. The molecule has 0 aliphatic heterocycles. The first-order chi connectivity index (χ1) is 8.74. The fourth-order valence-electron chi connectivity index (χ4n) is 4.54. The van der Waals surface area contributed by atoms with Crippen LogP contribution >= 0.6 is 0 Å². The van der Waals surface area contributed by atoms with Gasteiger partial charge in [0.15, 0.2) is 0 Å². The molecule has 0 saturated heterocycles. The van der Waals surface area contributed by atoms with Gasteiger partial charge in [-0.3, -0.25) is 0 Å². The lowest BCUT2D eigenvalue weighted by atomic mass is 9.51. The topological polar surface area (TPSA) is 21.3 Å². The average Bonchev–Trinajstić information content (AvgIpc) is 2.66. The maximum absolute atomic E-state index is 5.91. The second-order valence-corrected chi connectivity index (χ2v) is 7.01. The van der Waals surface area contributed by atoms with E-state index in [1.807, 2.05) is 0 Å². The molecule has 0 amide bonds. The van der Waals surface area contributed by atoms with Gasteiger partial charge in [0.25, 0.3) is 0 Å². The van der Waals surface area contributed by atoms with E-state index in [-0.39, 0.29) is 0 Å². The third kappa shape index (κ3) is 2.12. The second kappa shape index (κ2) is 5.13. The first-order valence-corrected chi connectivity index (χ1v) is 8.09. The number of hydrogen-bond acceptors (Lipinski definition) is 2. The van der Waals surface area contributed by atoms with Crippen LogP contribution in [0.25, 0.3) is 0 Å². The zero-order valence-corrected chi connectivity index (χ0v) is 12.1. The molecular weight excluding hydrogens is 222 g/mol. The Morgan fingerprint density at radius 3 is 2.61 bits per heavy atom. The quantitative estimate of drug-likeness (QED) is 0.809. The van der Waals surface area contributed by atoms with E-state index in [2.05, 4.69) is 19.2 Å². The van der Waals surface area contributed by atoms with Gasteiger partial charge in [-0.05, 0) is 57.4 Å². The molecule has 3 rings (SSSR count). The van der Waals surface area contributed by atoms with E-state index in [1.165, 1.54) is 51.5 Å². The highest BCUT2D eigenvalue weighted by Crippen LogP contribution is 2.57. The lowest BCUT2D eigenvalue weighted by Gasteiger charge is -2.61. The van der Waals surface area contributed by atoms with E-state index >= 15 is 0 Å². The van der Waals surface area contributed by atoms with E-state index in [0.717, 1.165) is 24.5 Å². The molecule has 4 unspecified atom stereocenters. The van der Waals surface area contributed by atoms with E-state index in [9.17, 15) is 0 Å². The Morgan fingerprint density at radius 1 is 1.22 bits per heavy atom. The first kappa shape index (κ1) is 12.9. The van der Waals surface area contributed by atoms with Crippen LogP contribution in [0.3, 0.4) is 0 Å². The molecule has 0 aromatic heterocycles. The maximum Gasteiger partial charge on any atom is 0.0661 e. The van der Waals surface area contributed by atoms with Gasteiger partial charge in [-0.1, -0.05) is 19.8 Å². The van der Waals surface area contributed by atoms with Crippen LogP contribution < -0.4 is 5.32 Å². The number of nitrogens with one attached hydrogen (secondary N) is 1. The van der Waals surface area contributed by atoms with Crippen LogP contribution in [0.1, 0.15) is 58.8 Å². The Bertz CT molecular complexity index is 287. The van der Waals surface area contributed by atoms with Crippen LogP contribution in [0.2, 0.25) is 0 Å². The Labute approximate surface area is 112 Å². The predicted molar refractivity (Wildman–Crippen MR) is 74.6 cm³/mol. The van der Waals surface area contributed by atoms with Crippen molar-refractivity contribution in [2.75, 3.05) is 13.2 Å². The summed E-state index contributed by atoms with van der Waals surface area (Å²) in [4.78, 5) is 0. The highest BCUT2D eigenvalue weighted by molar-refractivity contribution is 5.12. The monoisotopic (exact) mass is 251 g/mol. The van der Waals surface area contributed by atoms with Crippen LogP contribution in [0.4, 0.5) is 0 Å². The van der Waals surface area contributed by atoms with Gasteiger partial charge >= 0.3 is 0 Å². The molecule has 4 atom stereocenters. The molecule has 0 heterocycles. The normalized spacial score (nSPS) is 41.7. The van der Waals surface area contributed by atoms with E-state index in [4.69, 9.17) is 4.74 Å². The second-order valence-electron chi connectivity index (χ2n) is 7.01. The standard InChI is InChI=1S/C16H29NO/c1-3-18-15-10-14(16(15)7-4-8-16)17-11-13-6-5-12(2)9-13/h12-15,17H,3-11H2,1-2H3. The van der Waals surface area contributed by atoms with E-state index in [0.29, 0.717) is 11.5 Å². The predicted octanol–water partition coefficient (Wildman–Crippen LogP) is 3.36. The molecule has 3 saturated carbocycles. The van der Waals surface area contributed by atoms with Crippen LogP contribution in [-0.2, 0) is 4.74 Å². The van der Waals surface area contributed by atoms with Gasteiger partial charge in [0.05, 0.1) is 6.10 Å². The van der Waals surface area contributed by atoms with Crippen molar-refractivity contribution < 1.29 is 4.74 Å². The minimum absolute atomic E-state index is 0.542. The zero-order valence-electron chi connectivity index (χ0n) is 12.1. The first-order valence-electron chi connectivity index (χ1n) is 8.09. The summed E-state index contributed by atoms with van der Waals surface area (Å²) in [6.07, 6.45) is 10.4. The Balaban J connectivity index is 1.46. The molecule has 0 aromatic rings. The molecule has 0 bridgehead atoms. The molecule has 0 radical (unpaired) electrons. The molecular formula is C16H29NO. The third-order valence-electron chi connectivity index (χ3n) is 5.89. The highest BCUT2D eigenvalue weighted by Gasteiger charge is 2.58. The summed E-state index contributed by atoms with van der Waals surface area (Å²) < 4.78 is 5.91. The molecule has 2 nitrogen and oxygen atoms in total. The van der Waals surface area contributed by atoms with Crippen molar-refractivity contribution >= 4 is 0 Å². The van der Waals surface area contributed by atoms with Crippen LogP contribution in [0, 0.1) is 17.3 Å². The number of hydrogen-bond donors (Lipinski definition) is 1. The molecule has 18 heavy (non-hydrogen) atoms. The van der Waals surface area contributed by atoms with Crippen molar-refractivity contribution in [2.45, 2.75) is 70.9 Å². The SMILES string of the molecule is CCOC1CC(NCC2CCC(C)C2)C12CCC2. The van der Waals surface area contributed by atoms with Gasteiger partial charge in [-0.15, -0.1) is 0 Å². The molecule has 3 aliphatic rings. The van der Waals surface area contributed by atoms with Crippen LogP contribution in [0.15, 0.2) is 0 Å².